The Morgan fingerprint density at radius 3 is 2.80 bits per heavy atom. The van der Waals surface area contributed by atoms with Crippen LogP contribution in [0.25, 0.3) is 0 Å². The van der Waals surface area contributed by atoms with Crippen LogP contribution in [0.3, 0.4) is 0 Å². The van der Waals surface area contributed by atoms with E-state index in [1.54, 1.807) is 0 Å². The topological polar surface area (TPSA) is 29.3 Å². The largest absolute Gasteiger partial charge is 0.374 e. The summed E-state index contributed by atoms with van der Waals surface area (Å²) in [5, 5.41) is 0.763. The molecule has 3 heteroatoms. The highest BCUT2D eigenvalue weighted by Crippen LogP contribution is 2.32. The van der Waals surface area contributed by atoms with Gasteiger partial charge in [0.05, 0.1) is 0 Å². The zero-order chi connectivity index (χ0) is 10.8. The molecule has 82 valence electrons. The average Bonchev–Trinajstić information content (AvgIpc) is 3.01. The molecule has 15 heavy (non-hydrogen) atoms. The van der Waals surface area contributed by atoms with Crippen LogP contribution in [0.1, 0.15) is 18.4 Å². The Balaban J connectivity index is 2.17. The lowest BCUT2D eigenvalue weighted by atomic mass is 10.1. The van der Waals surface area contributed by atoms with Crippen molar-refractivity contribution in [3.05, 3.63) is 28.8 Å². The predicted octanol–water partition coefficient (Wildman–Crippen LogP) is 2.64. The normalized spacial score (nSPS) is 15.4. The van der Waals surface area contributed by atoms with Crippen molar-refractivity contribution < 1.29 is 0 Å². The second-order valence-corrected chi connectivity index (χ2v) is 4.74. The van der Waals surface area contributed by atoms with Gasteiger partial charge in [-0.1, -0.05) is 11.6 Å². The van der Waals surface area contributed by atoms with E-state index in [4.69, 9.17) is 17.3 Å². The summed E-state index contributed by atoms with van der Waals surface area (Å²) < 4.78 is 0. The van der Waals surface area contributed by atoms with E-state index in [1.807, 2.05) is 12.1 Å². The van der Waals surface area contributed by atoms with Gasteiger partial charge in [0.15, 0.2) is 0 Å². The highest BCUT2D eigenvalue weighted by Gasteiger charge is 2.23. The quantitative estimate of drug-likeness (QED) is 0.852. The standard InChI is InChI=1S/C12H17ClN2/c1-15(8-9-2-3-9)12-5-4-11(13)6-10(12)7-14/h4-6,9H,2-3,7-8,14H2,1H3. The Labute approximate surface area is 96.0 Å². The van der Waals surface area contributed by atoms with Crippen LogP contribution < -0.4 is 10.6 Å². The van der Waals surface area contributed by atoms with Gasteiger partial charge in [-0.15, -0.1) is 0 Å². The lowest BCUT2D eigenvalue weighted by molar-refractivity contribution is 0.782. The first-order valence-electron chi connectivity index (χ1n) is 5.40. The second-order valence-electron chi connectivity index (χ2n) is 4.30. The summed E-state index contributed by atoms with van der Waals surface area (Å²) >= 11 is 5.94. The third-order valence-corrected chi connectivity index (χ3v) is 3.14. The highest BCUT2D eigenvalue weighted by atomic mass is 35.5. The van der Waals surface area contributed by atoms with Crippen LogP contribution in [0.2, 0.25) is 5.02 Å². The van der Waals surface area contributed by atoms with E-state index in [0.717, 1.165) is 23.0 Å². The van der Waals surface area contributed by atoms with Crippen LogP contribution in [0.4, 0.5) is 5.69 Å². The van der Waals surface area contributed by atoms with E-state index in [1.165, 1.54) is 18.5 Å². The van der Waals surface area contributed by atoms with Crippen LogP contribution in [-0.2, 0) is 6.54 Å². The van der Waals surface area contributed by atoms with Gasteiger partial charge in [0.1, 0.15) is 0 Å². The molecule has 2 nitrogen and oxygen atoms in total. The first kappa shape index (κ1) is 10.8. The van der Waals surface area contributed by atoms with Gasteiger partial charge in [0.25, 0.3) is 0 Å². The molecule has 1 aromatic rings. The monoisotopic (exact) mass is 224 g/mol. The van der Waals surface area contributed by atoms with Crippen LogP contribution >= 0.6 is 11.6 Å². The first-order valence-corrected chi connectivity index (χ1v) is 5.78. The molecule has 1 fully saturated rings. The third kappa shape index (κ3) is 2.64. The van der Waals surface area contributed by atoms with Crippen molar-refractivity contribution >= 4 is 17.3 Å². The molecule has 0 aliphatic heterocycles. The number of anilines is 1. The summed E-state index contributed by atoms with van der Waals surface area (Å²) in [5.41, 5.74) is 8.07. The Hall–Kier alpha value is -0.730. The van der Waals surface area contributed by atoms with Crippen LogP contribution in [0.5, 0.6) is 0 Å². The summed E-state index contributed by atoms with van der Waals surface area (Å²) in [6.07, 6.45) is 2.74. The number of benzene rings is 1. The van der Waals surface area contributed by atoms with Crippen molar-refractivity contribution in [1.29, 1.82) is 0 Å². The second kappa shape index (κ2) is 4.42. The fourth-order valence-corrected chi connectivity index (χ4v) is 2.07. The van der Waals surface area contributed by atoms with Gasteiger partial charge < -0.3 is 10.6 Å². The minimum atomic E-state index is 0.547. The minimum Gasteiger partial charge on any atom is -0.374 e. The van der Waals surface area contributed by atoms with Crippen molar-refractivity contribution in [2.45, 2.75) is 19.4 Å². The number of nitrogens with two attached hydrogens (primary N) is 1. The van der Waals surface area contributed by atoms with E-state index in [0.29, 0.717) is 6.54 Å². The molecule has 1 aliphatic rings. The molecule has 1 saturated carbocycles. The maximum absolute atomic E-state index is 5.94. The minimum absolute atomic E-state index is 0.547. The molecule has 1 aliphatic carbocycles. The van der Waals surface area contributed by atoms with E-state index in [9.17, 15) is 0 Å². The summed E-state index contributed by atoms with van der Waals surface area (Å²) in [6.45, 7) is 1.68. The van der Waals surface area contributed by atoms with Gasteiger partial charge in [-0.2, -0.15) is 0 Å². The predicted molar refractivity (Wildman–Crippen MR) is 65.3 cm³/mol. The lowest BCUT2D eigenvalue weighted by Crippen LogP contribution is -2.21. The molecule has 2 rings (SSSR count). The van der Waals surface area contributed by atoms with E-state index in [-0.39, 0.29) is 0 Å². The van der Waals surface area contributed by atoms with Crippen LogP contribution in [0, 0.1) is 5.92 Å². The Morgan fingerprint density at radius 2 is 2.20 bits per heavy atom. The number of rotatable bonds is 4. The van der Waals surface area contributed by atoms with E-state index >= 15 is 0 Å². The van der Waals surface area contributed by atoms with Gasteiger partial charge in [0, 0.05) is 30.8 Å². The van der Waals surface area contributed by atoms with Crippen molar-refractivity contribution in [2.24, 2.45) is 11.7 Å². The maximum atomic E-state index is 5.94. The summed E-state index contributed by atoms with van der Waals surface area (Å²) in [5.74, 6) is 0.885. The zero-order valence-corrected chi connectivity index (χ0v) is 9.80. The summed E-state index contributed by atoms with van der Waals surface area (Å²) in [7, 11) is 2.13. The molecule has 0 heterocycles. The van der Waals surface area contributed by atoms with Crippen molar-refractivity contribution in [1.82, 2.24) is 0 Å². The molecule has 0 bridgehead atoms. The number of hydrogen-bond donors (Lipinski definition) is 1. The fraction of sp³-hybridized carbons (Fsp3) is 0.500. The number of nitrogens with zero attached hydrogens (tertiary/aromatic N) is 1. The molecule has 0 radical (unpaired) electrons. The molecule has 1 aromatic carbocycles. The van der Waals surface area contributed by atoms with Crippen LogP contribution in [-0.4, -0.2) is 13.6 Å². The van der Waals surface area contributed by atoms with Crippen molar-refractivity contribution in [3.63, 3.8) is 0 Å². The molecule has 2 N–H and O–H groups in total. The van der Waals surface area contributed by atoms with Crippen molar-refractivity contribution in [2.75, 3.05) is 18.5 Å². The fourth-order valence-electron chi connectivity index (χ4n) is 1.88. The molecule has 0 unspecified atom stereocenters. The summed E-state index contributed by atoms with van der Waals surface area (Å²) in [6, 6.07) is 5.95. The van der Waals surface area contributed by atoms with Gasteiger partial charge >= 0.3 is 0 Å². The summed E-state index contributed by atoms with van der Waals surface area (Å²) in [4.78, 5) is 2.29. The Morgan fingerprint density at radius 1 is 1.47 bits per heavy atom. The van der Waals surface area contributed by atoms with Gasteiger partial charge in [-0.25, -0.2) is 0 Å². The first-order chi connectivity index (χ1) is 7.20. The molecule has 0 atom stereocenters. The number of halogens is 1. The highest BCUT2D eigenvalue weighted by molar-refractivity contribution is 6.30. The van der Waals surface area contributed by atoms with Gasteiger partial charge in [-0.05, 0) is 42.5 Å². The Bertz CT molecular complexity index is 347. The third-order valence-electron chi connectivity index (χ3n) is 2.90. The molecule has 0 aromatic heterocycles. The zero-order valence-electron chi connectivity index (χ0n) is 9.04. The van der Waals surface area contributed by atoms with E-state index in [2.05, 4.69) is 18.0 Å². The molecule has 0 saturated heterocycles. The number of hydrogen-bond acceptors (Lipinski definition) is 2. The van der Waals surface area contributed by atoms with Crippen LogP contribution in [0.15, 0.2) is 18.2 Å². The lowest BCUT2D eigenvalue weighted by Gasteiger charge is -2.22. The van der Waals surface area contributed by atoms with Crippen molar-refractivity contribution in [3.8, 4) is 0 Å². The molecule has 0 spiro atoms. The van der Waals surface area contributed by atoms with Gasteiger partial charge in [-0.3, -0.25) is 0 Å². The maximum Gasteiger partial charge on any atom is 0.0410 e. The smallest absolute Gasteiger partial charge is 0.0410 e. The molecular formula is C12H17ClN2. The van der Waals surface area contributed by atoms with E-state index < -0.39 is 0 Å². The molecular weight excluding hydrogens is 208 g/mol. The van der Waals surface area contributed by atoms with Gasteiger partial charge in [0.2, 0.25) is 0 Å². The SMILES string of the molecule is CN(CC1CC1)c1ccc(Cl)cc1CN. The molecule has 0 amide bonds. The average molecular weight is 225 g/mol. The Kier molecular flexibility index (Phi) is 3.17.